The Bertz CT molecular complexity index is 978. The van der Waals surface area contributed by atoms with Crippen LogP contribution in [0.2, 0.25) is 0 Å². The van der Waals surface area contributed by atoms with E-state index >= 15 is 0 Å². The monoisotopic (exact) mass is 361 g/mol. The van der Waals surface area contributed by atoms with E-state index in [0.717, 1.165) is 4.68 Å². The van der Waals surface area contributed by atoms with E-state index < -0.39 is 23.9 Å². The topological polar surface area (TPSA) is 55.6 Å². The van der Waals surface area contributed by atoms with Gasteiger partial charge in [0, 0.05) is 23.7 Å². The van der Waals surface area contributed by atoms with Crippen molar-refractivity contribution in [2.45, 2.75) is 12.2 Å². The van der Waals surface area contributed by atoms with Crippen molar-refractivity contribution < 1.29 is 17.6 Å². The largest absolute Gasteiger partial charge is 0.453 e. The lowest BCUT2D eigenvalue weighted by Gasteiger charge is -2.24. The molecule has 2 aromatic heterocycles. The van der Waals surface area contributed by atoms with Crippen LogP contribution in [-0.2, 0) is 6.18 Å². The summed E-state index contributed by atoms with van der Waals surface area (Å²) in [7, 11) is 0. The van der Waals surface area contributed by atoms with Gasteiger partial charge in [-0.2, -0.15) is 18.2 Å². The highest BCUT2D eigenvalue weighted by Crippen LogP contribution is 2.35. The van der Waals surface area contributed by atoms with Crippen LogP contribution in [0.3, 0.4) is 0 Å². The Balaban J connectivity index is 1.86. The summed E-state index contributed by atoms with van der Waals surface area (Å²) in [5.41, 5.74) is 1.71. The molecule has 3 heterocycles. The van der Waals surface area contributed by atoms with E-state index in [1.54, 1.807) is 36.7 Å². The normalized spacial score (nSPS) is 16.6. The van der Waals surface area contributed by atoms with Gasteiger partial charge in [-0.15, -0.1) is 5.10 Å². The van der Waals surface area contributed by atoms with Crippen LogP contribution in [0.5, 0.6) is 0 Å². The maximum atomic E-state index is 13.6. The van der Waals surface area contributed by atoms with Crippen molar-refractivity contribution in [3.8, 4) is 0 Å². The smallest absolute Gasteiger partial charge is 0.324 e. The number of anilines is 1. The lowest BCUT2D eigenvalue weighted by atomic mass is 10.0. The van der Waals surface area contributed by atoms with E-state index in [4.69, 9.17) is 0 Å². The number of fused-ring (bicyclic) bond motifs is 1. The first-order valence-corrected chi connectivity index (χ1v) is 7.60. The number of pyridine rings is 1. The molecule has 0 saturated heterocycles. The highest BCUT2D eigenvalue weighted by Gasteiger charge is 2.39. The summed E-state index contributed by atoms with van der Waals surface area (Å²) < 4.78 is 53.9. The third-order valence-corrected chi connectivity index (χ3v) is 3.90. The summed E-state index contributed by atoms with van der Waals surface area (Å²) >= 11 is 0. The Morgan fingerprint density at radius 2 is 1.85 bits per heavy atom. The number of alkyl halides is 3. The van der Waals surface area contributed by atoms with Gasteiger partial charge >= 0.3 is 6.18 Å². The minimum Gasteiger partial charge on any atom is -0.324 e. The molecule has 4 rings (SSSR count). The molecule has 0 radical (unpaired) electrons. The second-order valence-electron chi connectivity index (χ2n) is 5.64. The number of nitrogens with zero attached hydrogens (tertiary/aromatic N) is 4. The Morgan fingerprint density at radius 3 is 2.54 bits per heavy atom. The molecule has 1 aliphatic heterocycles. The molecule has 1 N–H and O–H groups in total. The van der Waals surface area contributed by atoms with Crippen molar-refractivity contribution in [2.24, 2.45) is 0 Å². The summed E-state index contributed by atoms with van der Waals surface area (Å²) in [4.78, 5) is 7.48. The quantitative estimate of drug-likeness (QED) is 0.704. The Labute approximate surface area is 145 Å². The van der Waals surface area contributed by atoms with Crippen LogP contribution in [0.1, 0.15) is 23.0 Å². The molecule has 0 spiro atoms. The van der Waals surface area contributed by atoms with Crippen LogP contribution >= 0.6 is 0 Å². The lowest BCUT2D eigenvalue weighted by molar-refractivity contribution is -0.145. The molecule has 1 atom stereocenters. The molecule has 1 aromatic carbocycles. The molecule has 9 heteroatoms. The van der Waals surface area contributed by atoms with Gasteiger partial charge in [0.2, 0.25) is 5.95 Å². The number of aromatic nitrogens is 4. The summed E-state index contributed by atoms with van der Waals surface area (Å²) in [5, 5.41) is 6.43. The molecule has 0 saturated carbocycles. The minimum absolute atomic E-state index is 0.0686. The van der Waals surface area contributed by atoms with Gasteiger partial charge in [-0.1, -0.05) is 12.1 Å². The predicted molar refractivity (Wildman–Crippen MR) is 85.4 cm³/mol. The zero-order valence-electron chi connectivity index (χ0n) is 13.1. The van der Waals surface area contributed by atoms with Crippen LogP contribution < -0.4 is 5.32 Å². The third-order valence-electron chi connectivity index (χ3n) is 3.90. The number of nitrogens with one attached hydrogen (secondary N) is 1. The van der Waals surface area contributed by atoms with E-state index in [0.29, 0.717) is 16.8 Å². The fraction of sp³-hybridized carbons (Fsp3) is 0.118. The molecule has 0 fully saturated rings. The number of allylic oxidation sites excluding steroid dienone is 1. The predicted octanol–water partition coefficient (Wildman–Crippen LogP) is 3.89. The first-order chi connectivity index (χ1) is 12.4. The van der Waals surface area contributed by atoms with Crippen LogP contribution in [0.4, 0.5) is 23.5 Å². The van der Waals surface area contributed by atoms with Gasteiger partial charge in [0.15, 0.2) is 0 Å². The van der Waals surface area contributed by atoms with Crippen molar-refractivity contribution in [2.75, 3.05) is 5.32 Å². The average molecular weight is 361 g/mol. The maximum absolute atomic E-state index is 13.6. The Morgan fingerprint density at radius 1 is 1.08 bits per heavy atom. The first kappa shape index (κ1) is 16.2. The van der Waals surface area contributed by atoms with E-state index in [1.165, 1.54) is 18.2 Å². The van der Waals surface area contributed by atoms with Gasteiger partial charge in [0.25, 0.3) is 5.82 Å². The Hall–Kier alpha value is -3.23. The summed E-state index contributed by atoms with van der Waals surface area (Å²) in [6, 6.07) is 8.31. The van der Waals surface area contributed by atoms with E-state index in [2.05, 4.69) is 20.4 Å². The van der Waals surface area contributed by atoms with Crippen molar-refractivity contribution in [3.05, 3.63) is 77.6 Å². The van der Waals surface area contributed by atoms with E-state index in [-0.39, 0.29) is 5.95 Å². The SMILES string of the molecule is Fc1cccc(C2C=C(c3ccncc3)Nc3nc(C(F)(F)F)nn32)c1. The van der Waals surface area contributed by atoms with Gasteiger partial charge in [-0.05, 0) is 35.9 Å². The summed E-state index contributed by atoms with van der Waals surface area (Å²) in [6.07, 6.45) is 0.117. The van der Waals surface area contributed by atoms with Crippen LogP contribution in [0.15, 0.2) is 54.9 Å². The molecule has 0 amide bonds. The van der Waals surface area contributed by atoms with E-state index in [9.17, 15) is 17.6 Å². The van der Waals surface area contributed by atoms with Crippen molar-refractivity contribution in [3.63, 3.8) is 0 Å². The minimum atomic E-state index is -4.69. The van der Waals surface area contributed by atoms with Gasteiger partial charge in [-0.25, -0.2) is 9.07 Å². The van der Waals surface area contributed by atoms with Crippen LogP contribution in [0.25, 0.3) is 5.70 Å². The molecule has 1 aliphatic rings. The highest BCUT2D eigenvalue weighted by molar-refractivity contribution is 5.76. The fourth-order valence-electron chi connectivity index (χ4n) is 2.74. The fourth-order valence-corrected chi connectivity index (χ4v) is 2.74. The molecular formula is C17H11F4N5. The van der Waals surface area contributed by atoms with Crippen LogP contribution in [0, 0.1) is 5.82 Å². The lowest BCUT2D eigenvalue weighted by Crippen LogP contribution is -2.20. The molecule has 0 bridgehead atoms. The first-order valence-electron chi connectivity index (χ1n) is 7.60. The molecule has 3 aromatic rings. The van der Waals surface area contributed by atoms with Crippen molar-refractivity contribution >= 4 is 11.6 Å². The van der Waals surface area contributed by atoms with Crippen molar-refractivity contribution in [1.82, 2.24) is 19.7 Å². The molecule has 132 valence electrons. The second-order valence-corrected chi connectivity index (χ2v) is 5.64. The van der Waals surface area contributed by atoms with E-state index in [1.807, 2.05) is 0 Å². The average Bonchev–Trinajstić information content (AvgIpc) is 3.06. The second kappa shape index (κ2) is 5.94. The number of rotatable bonds is 2. The number of halogens is 4. The zero-order valence-corrected chi connectivity index (χ0v) is 13.1. The molecule has 0 aliphatic carbocycles. The standard InChI is InChI=1S/C17H11F4N5/c18-12-3-1-2-11(8-12)14-9-13(10-4-6-22-7-5-10)23-16-24-15(17(19,20)21)25-26(14)16/h1-9,14H,(H,23,24,25). The number of hydrogen-bond acceptors (Lipinski definition) is 4. The molecule has 26 heavy (non-hydrogen) atoms. The van der Waals surface area contributed by atoms with Gasteiger partial charge in [-0.3, -0.25) is 4.98 Å². The highest BCUT2D eigenvalue weighted by atomic mass is 19.4. The third kappa shape index (κ3) is 2.92. The molecule has 1 unspecified atom stereocenters. The summed E-state index contributed by atoms with van der Waals surface area (Å²) in [5.74, 6) is -1.82. The van der Waals surface area contributed by atoms with Gasteiger partial charge in [0.1, 0.15) is 11.9 Å². The van der Waals surface area contributed by atoms with Crippen LogP contribution in [-0.4, -0.2) is 19.7 Å². The van der Waals surface area contributed by atoms with Crippen molar-refractivity contribution in [1.29, 1.82) is 0 Å². The number of hydrogen-bond donors (Lipinski definition) is 1. The molecular weight excluding hydrogens is 350 g/mol. The molecule has 5 nitrogen and oxygen atoms in total. The Kier molecular flexibility index (Phi) is 3.71. The zero-order chi connectivity index (χ0) is 18.3. The van der Waals surface area contributed by atoms with Gasteiger partial charge in [0.05, 0.1) is 0 Å². The maximum Gasteiger partial charge on any atom is 0.453 e. The van der Waals surface area contributed by atoms with Gasteiger partial charge < -0.3 is 5.32 Å². The number of benzene rings is 1. The summed E-state index contributed by atoms with van der Waals surface area (Å²) in [6.45, 7) is 0.